The molecule has 4 atom stereocenters. The summed E-state index contributed by atoms with van der Waals surface area (Å²) in [6.07, 6.45) is 3.80. The maximum atomic E-state index is 14.3. The predicted octanol–water partition coefficient (Wildman–Crippen LogP) is 2.02. The number of likely N-dealkylation sites (N-methyl/N-ethyl adjacent to an activating group) is 1. The average Bonchev–Trinajstić information content (AvgIpc) is 3.59. The fourth-order valence-corrected chi connectivity index (χ4v) is 6.73. The van der Waals surface area contributed by atoms with Gasteiger partial charge >= 0.3 is 0 Å². The summed E-state index contributed by atoms with van der Waals surface area (Å²) in [5, 5.41) is 0. The van der Waals surface area contributed by atoms with Gasteiger partial charge in [0.2, 0.25) is 11.8 Å². The molecule has 0 bridgehead atoms. The van der Waals surface area contributed by atoms with E-state index in [1.54, 1.807) is 11.0 Å². The van der Waals surface area contributed by atoms with Gasteiger partial charge in [-0.3, -0.25) is 14.4 Å². The van der Waals surface area contributed by atoms with Crippen molar-refractivity contribution in [1.82, 2.24) is 9.80 Å². The number of fused-ring (bicyclic) bond motifs is 1. The van der Waals surface area contributed by atoms with Crippen molar-refractivity contribution in [3.63, 3.8) is 0 Å². The molecule has 0 radical (unpaired) electrons. The van der Waals surface area contributed by atoms with Crippen LogP contribution in [0.15, 0.2) is 18.2 Å². The molecule has 3 aliphatic heterocycles. The Kier molecular flexibility index (Phi) is 6.86. The van der Waals surface area contributed by atoms with Crippen LogP contribution in [0.25, 0.3) is 0 Å². The number of amides is 2. The molecule has 3 saturated heterocycles. The van der Waals surface area contributed by atoms with E-state index >= 15 is 0 Å². The third kappa shape index (κ3) is 4.47. The van der Waals surface area contributed by atoms with Crippen LogP contribution >= 0.6 is 0 Å². The van der Waals surface area contributed by atoms with Gasteiger partial charge < -0.3 is 25.2 Å². The molecule has 1 saturated carbocycles. The lowest BCUT2D eigenvalue weighted by molar-refractivity contribution is -0.138. The second-order valence-corrected chi connectivity index (χ2v) is 10.7. The minimum atomic E-state index is -0.510. The monoisotopic (exact) mass is 482 g/mol. The van der Waals surface area contributed by atoms with E-state index in [1.165, 1.54) is 0 Å². The SMILES string of the molecule is CCN1CCN(c2ccc(C(N)=O)c([C@@H](C(=O)N3C[C@@H](C)[C@H]4OCC(=O)[C@H]43)C3CCCC3)c2)CC1. The van der Waals surface area contributed by atoms with Gasteiger partial charge in [-0.25, -0.2) is 0 Å². The molecule has 0 aromatic heterocycles. The molecule has 8 heteroatoms. The summed E-state index contributed by atoms with van der Waals surface area (Å²) in [4.78, 5) is 46.0. The lowest BCUT2D eigenvalue weighted by Gasteiger charge is -2.36. The van der Waals surface area contributed by atoms with Crippen LogP contribution in [0.4, 0.5) is 5.69 Å². The third-order valence-electron chi connectivity index (χ3n) is 8.68. The molecule has 35 heavy (non-hydrogen) atoms. The molecule has 190 valence electrons. The number of nitrogens with two attached hydrogens (primary N) is 1. The first-order chi connectivity index (χ1) is 16.9. The smallest absolute Gasteiger partial charge is 0.249 e. The Morgan fingerprint density at radius 3 is 2.51 bits per heavy atom. The van der Waals surface area contributed by atoms with Gasteiger partial charge in [-0.15, -0.1) is 0 Å². The van der Waals surface area contributed by atoms with E-state index in [2.05, 4.69) is 16.7 Å². The maximum absolute atomic E-state index is 14.3. The van der Waals surface area contributed by atoms with Crippen molar-refractivity contribution in [1.29, 1.82) is 0 Å². The van der Waals surface area contributed by atoms with Crippen LogP contribution < -0.4 is 10.6 Å². The highest BCUT2D eigenvalue weighted by atomic mass is 16.5. The number of likely N-dealkylation sites (tertiary alicyclic amines) is 1. The molecule has 0 spiro atoms. The number of rotatable bonds is 6. The van der Waals surface area contributed by atoms with Crippen LogP contribution in [0, 0.1) is 11.8 Å². The third-order valence-corrected chi connectivity index (χ3v) is 8.68. The zero-order valence-electron chi connectivity index (χ0n) is 20.9. The maximum Gasteiger partial charge on any atom is 0.249 e. The van der Waals surface area contributed by atoms with Crippen molar-refractivity contribution in [3.8, 4) is 0 Å². The molecule has 4 aliphatic rings. The summed E-state index contributed by atoms with van der Waals surface area (Å²) in [7, 11) is 0. The van der Waals surface area contributed by atoms with E-state index in [0.29, 0.717) is 12.1 Å². The standard InChI is InChI=1S/C27H38N4O4/c1-3-29-10-12-30(13-11-29)19-8-9-20(26(28)33)21(14-19)23(18-6-4-5-7-18)27(34)31-15-17(2)25-24(31)22(32)16-35-25/h8-9,14,17-18,23-25H,3-7,10-13,15-16H2,1-2H3,(H2,28,33)/t17-,23+,24-,25-/m1/s1. The fraction of sp³-hybridized carbons (Fsp3) is 0.667. The van der Waals surface area contributed by atoms with Crippen molar-refractivity contribution in [3.05, 3.63) is 29.3 Å². The van der Waals surface area contributed by atoms with E-state index in [4.69, 9.17) is 10.5 Å². The van der Waals surface area contributed by atoms with E-state index in [1.807, 2.05) is 19.1 Å². The number of carbonyl (C=O) groups excluding carboxylic acids is 3. The van der Waals surface area contributed by atoms with Gasteiger partial charge in [-0.1, -0.05) is 26.7 Å². The Morgan fingerprint density at radius 2 is 1.86 bits per heavy atom. The molecule has 1 aromatic rings. The largest absolute Gasteiger partial charge is 0.369 e. The number of nitrogens with zero attached hydrogens (tertiary/aromatic N) is 3. The minimum absolute atomic E-state index is 0.0180. The van der Waals surface area contributed by atoms with Crippen molar-refractivity contribution >= 4 is 23.3 Å². The summed E-state index contributed by atoms with van der Waals surface area (Å²) in [5.74, 6) is -0.806. The number of ether oxygens (including phenoxy) is 1. The van der Waals surface area contributed by atoms with Crippen molar-refractivity contribution in [2.24, 2.45) is 17.6 Å². The number of carbonyl (C=O) groups is 3. The number of ketones is 1. The first-order valence-corrected chi connectivity index (χ1v) is 13.2. The van der Waals surface area contributed by atoms with Gasteiger partial charge in [-0.05, 0) is 49.1 Å². The van der Waals surface area contributed by atoms with Crippen LogP contribution in [-0.4, -0.2) is 85.4 Å². The number of piperazine rings is 1. The van der Waals surface area contributed by atoms with Crippen molar-refractivity contribution in [2.45, 2.75) is 57.6 Å². The number of hydrogen-bond donors (Lipinski definition) is 1. The average molecular weight is 483 g/mol. The number of primary amides is 1. The quantitative estimate of drug-likeness (QED) is 0.667. The summed E-state index contributed by atoms with van der Waals surface area (Å²) in [6.45, 7) is 9.63. The first-order valence-electron chi connectivity index (χ1n) is 13.2. The zero-order valence-corrected chi connectivity index (χ0v) is 20.9. The molecule has 3 heterocycles. The highest BCUT2D eigenvalue weighted by Crippen LogP contribution is 2.43. The summed E-state index contributed by atoms with van der Waals surface area (Å²) < 4.78 is 5.74. The summed E-state index contributed by atoms with van der Waals surface area (Å²) in [5.41, 5.74) is 8.02. The second-order valence-electron chi connectivity index (χ2n) is 10.7. The van der Waals surface area contributed by atoms with Crippen LogP contribution in [-0.2, 0) is 14.3 Å². The molecular formula is C27H38N4O4. The highest BCUT2D eigenvalue weighted by molar-refractivity contribution is 5.99. The van der Waals surface area contributed by atoms with Crippen LogP contribution in [0.1, 0.15) is 61.4 Å². The Hall–Kier alpha value is -2.45. The molecule has 1 aliphatic carbocycles. The van der Waals surface area contributed by atoms with Crippen molar-refractivity contribution < 1.29 is 19.1 Å². The molecule has 2 amide bonds. The number of anilines is 1. The lowest BCUT2D eigenvalue weighted by Crippen LogP contribution is -2.46. The van der Waals surface area contributed by atoms with Gasteiger partial charge in [0.25, 0.3) is 0 Å². The normalized spacial score (nSPS) is 28.5. The summed E-state index contributed by atoms with van der Waals surface area (Å²) >= 11 is 0. The molecule has 5 rings (SSSR count). The Bertz CT molecular complexity index is 983. The Balaban J connectivity index is 1.52. The second kappa shape index (κ2) is 9.90. The molecular weight excluding hydrogens is 444 g/mol. The van der Waals surface area contributed by atoms with Gasteiger partial charge in [0.1, 0.15) is 12.6 Å². The van der Waals surface area contributed by atoms with Gasteiger partial charge in [0.15, 0.2) is 5.78 Å². The van der Waals surface area contributed by atoms with Crippen LogP contribution in [0.2, 0.25) is 0 Å². The fourth-order valence-electron chi connectivity index (χ4n) is 6.73. The topological polar surface area (TPSA) is 96.2 Å². The number of benzene rings is 1. The zero-order chi connectivity index (χ0) is 24.7. The van der Waals surface area contributed by atoms with E-state index in [9.17, 15) is 14.4 Å². The molecule has 0 unspecified atom stereocenters. The van der Waals surface area contributed by atoms with E-state index in [0.717, 1.165) is 69.7 Å². The van der Waals surface area contributed by atoms with Crippen molar-refractivity contribution in [2.75, 3.05) is 50.8 Å². The number of Topliss-reactive ketones (excluding diaryl/α,β-unsaturated/α-hetero) is 1. The Labute approximate surface area is 207 Å². The molecule has 1 aromatic carbocycles. The number of hydrogen-bond acceptors (Lipinski definition) is 6. The minimum Gasteiger partial charge on any atom is -0.369 e. The summed E-state index contributed by atoms with van der Waals surface area (Å²) in [6, 6.07) is 5.29. The molecule has 2 N–H and O–H groups in total. The molecule has 8 nitrogen and oxygen atoms in total. The van der Waals surface area contributed by atoms with Gasteiger partial charge in [0.05, 0.1) is 12.0 Å². The van der Waals surface area contributed by atoms with Crippen LogP contribution in [0.5, 0.6) is 0 Å². The molecule has 4 fully saturated rings. The predicted molar refractivity (Wildman–Crippen MR) is 133 cm³/mol. The van der Waals surface area contributed by atoms with Crippen LogP contribution in [0.3, 0.4) is 0 Å². The first kappa shape index (κ1) is 24.3. The lowest BCUT2D eigenvalue weighted by atomic mass is 9.80. The van der Waals surface area contributed by atoms with Gasteiger partial charge in [0, 0.05) is 49.9 Å². The van der Waals surface area contributed by atoms with E-state index in [-0.39, 0.29) is 36.2 Å². The highest BCUT2D eigenvalue weighted by Gasteiger charge is 2.52. The van der Waals surface area contributed by atoms with Gasteiger partial charge in [-0.2, -0.15) is 0 Å². The van der Waals surface area contributed by atoms with E-state index < -0.39 is 17.9 Å². The Morgan fingerprint density at radius 1 is 1.14 bits per heavy atom.